The number of hydrogen-bond acceptors (Lipinski definition) is 3. The first-order chi connectivity index (χ1) is 9.04. The first-order valence-electron chi connectivity index (χ1n) is 6.88. The fraction of sp³-hybridized carbons (Fsp3) is 0.643. The van der Waals surface area contributed by atoms with Crippen molar-refractivity contribution in [2.24, 2.45) is 11.8 Å². The molecule has 0 saturated carbocycles. The molecule has 19 heavy (non-hydrogen) atoms. The van der Waals surface area contributed by atoms with Crippen molar-refractivity contribution in [3.05, 3.63) is 18.2 Å². The van der Waals surface area contributed by atoms with Crippen LogP contribution in [0, 0.1) is 11.8 Å². The van der Waals surface area contributed by atoms with Crippen molar-refractivity contribution < 1.29 is 9.59 Å². The molecule has 1 aliphatic heterocycles. The van der Waals surface area contributed by atoms with Crippen LogP contribution >= 0.6 is 0 Å². The highest BCUT2D eigenvalue weighted by Gasteiger charge is 2.39. The van der Waals surface area contributed by atoms with Crippen LogP contribution in [0.4, 0.5) is 0 Å². The van der Waals surface area contributed by atoms with Gasteiger partial charge in [0.1, 0.15) is 0 Å². The molecule has 0 aliphatic carbocycles. The number of aryl methyl sites for hydroxylation is 1. The second-order valence-corrected chi connectivity index (χ2v) is 5.50. The van der Waals surface area contributed by atoms with Crippen LogP contribution in [-0.4, -0.2) is 21.4 Å². The monoisotopic (exact) mass is 263 g/mol. The maximum atomic E-state index is 12.1. The molecule has 2 unspecified atom stereocenters. The maximum absolute atomic E-state index is 12.1. The molecule has 5 nitrogen and oxygen atoms in total. The minimum absolute atomic E-state index is 0.0599. The van der Waals surface area contributed by atoms with Gasteiger partial charge in [0.15, 0.2) is 0 Å². The Kier molecular flexibility index (Phi) is 4.02. The average Bonchev–Trinajstić information content (AvgIpc) is 2.75. The number of rotatable bonds is 4. The molecular formula is C14H21N3O2. The lowest BCUT2D eigenvalue weighted by Gasteiger charge is -2.33. The Morgan fingerprint density at radius 1 is 1.47 bits per heavy atom. The van der Waals surface area contributed by atoms with Gasteiger partial charge in [-0.05, 0) is 12.3 Å². The van der Waals surface area contributed by atoms with Crippen molar-refractivity contribution >= 4 is 11.8 Å². The predicted molar refractivity (Wildman–Crippen MR) is 71.4 cm³/mol. The van der Waals surface area contributed by atoms with Gasteiger partial charge < -0.3 is 4.57 Å². The molecule has 1 aromatic heterocycles. The Labute approximate surface area is 113 Å². The van der Waals surface area contributed by atoms with Crippen LogP contribution in [0.15, 0.2) is 12.5 Å². The van der Waals surface area contributed by atoms with E-state index in [1.165, 1.54) is 0 Å². The molecule has 5 heteroatoms. The van der Waals surface area contributed by atoms with E-state index < -0.39 is 0 Å². The SMILES string of the molecule is CCCn1cncc1C1CC(=O)NC(=O)C1C(C)C. The molecule has 2 heterocycles. The first kappa shape index (κ1) is 13.8. The van der Waals surface area contributed by atoms with Crippen LogP contribution in [0.2, 0.25) is 0 Å². The quantitative estimate of drug-likeness (QED) is 0.841. The third-order valence-electron chi connectivity index (χ3n) is 3.71. The van der Waals surface area contributed by atoms with E-state index in [1.54, 1.807) is 12.5 Å². The fourth-order valence-electron chi connectivity index (χ4n) is 2.90. The van der Waals surface area contributed by atoms with Gasteiger partial charge in [-0.2, -0.15) is 0 Å². The minimum atomic E-state index is -0.184. The van der Waals surface area contributed by atoms with Crippen molar-refractivity contribution in [3.63, 3.8) is 0 Å². The van der Waals surface area contributed by atoms with Gasteiger partial charge in [-0.15, -0.1) is 0 Å². The maximum Gasteiger partial charge on any atom is 0.230 e. The van der Waals surface area contributed by atoms with E-state index in [1.807, 2.05) is 13.8 Å². The molecule has 1 aromatic rings. The number of carbonyl (C=O) groups excluding carboxylic acids is 2. The molecule has 1 saturated heterocycles. The van der Waals surface area contributed by atoms with Gasteiger partial charge in [0.2, 0.25) is 11.8 Å². The zero-order valence-corrected chi connectivity index (χ0v) is 11.7. The summed E-state index contributed by atoms with van der Waals surface area (Å²) in [5.74, 6) is -0.361. The Hall–Kier alpha value is -1.65. The van der Waals surface area contributed by atoms with E-state index >= 15 is 0 Å². The Balaban J connectivity index is 2.35. The summed E-state index contributed by atoms with van der Waals surface area (Å²) in [6.45, 7) is 7.01. The van der Waals surface area contributed by atoms with Gasteiger partial charge in [0, 0.05) is 36.7 Å². The largest absolute Gasteiger partial charge is 0.334 e. The summed E-state index contributed by atoms with van der Waals surface area (Å²) >= 11 is 0. The second-order valence-electron chi connectivity index (χ2n) is 5.50. The molecular weight excluding hydrogens is 242 g/mol. The summed E-state index contributed by atoms with van der Waals surface area (Å²) in [5.41, 5.74) is 1.00. The summed E-state index contributed by atoms with van der Waals surface area (Å²) in [4.78, 5) is 27.9. The van der Waals surface area contributed by atoms with E-state index in [9.17, 15) is 9.59 Å². The van der Waals surface area contributed by atoms with Crippen LogP contribution in [0.25, 0.3) is 0 Å². The van der Waals surface area contributed by atoms with Crippen LogP contribution in [0.1, 0.15) is 45.2 Å². The van der Waals surface area contributed by atoms with Crippen molar-refractivity contribution in [3.8, 4) is 0 Å². The van der Waals surface area contributed by atoms with Crippen LogP contribution in [0.3, 0.4) is 0 Å². The molecule has 0 aromatic carbocycles. The lowest BCUT2D eigenvalue weighted by atomic mass is 9.76. The highest BCUT2D eigenvalue weighted by Crippen LogP contribution is 2.35. The lowest BCUT2D eigenvalue weighted by molar-refractivity contribution is -0.138. The molecule has 2 amide bonds. The number of imide groups is 1. The van der Waals surface area contributed by atoms with Gasteiger partial charge in [0.05, 0.1) is 6.33 Å². The van der Waals surface area contributed by atoms with E-state index in [-0.39, 0.29) is 29.6 Å². The average molecular weight is 263 g/mol. The van der Waals surface area contributed by atoms with Gasteiger partial charge in [0.25, 0.3) is 0 Å². The molecule has 0 bridgehead atoms. The zero-order valence-electron chi connectivity index (χ0n) is 11.7. The van der Waals surface area contributed by atoms with Gasteiger partial charge in [-0.3, -0.25) is 14.9 Å². The zero-order chi connectivity index (χ0) is 14.0. The van der Waals surface area contributed by atoms with E-state index in [0.29, 0.717) is 6.42 Å². The summed E-state index contributed by atoms with van der Waals surface area (Å²) in [6, 6.07) is 0. The molecule has 1 N–H and O–H groups in total. The number of aromatic nitrogens is 2. The van der Waals surface area contributed by atoms with Crippen LogP contribution in [-0.2, 0) is 16.1 Å². The van der Waals surface area contributed by atoms with Gasteiger partial charge in [-0.1, -0.05) is 20.8 Å². The van der Waals surface area contributed by atoms with Crippen molar-refractivity contribution in [2.45, 2.75) is 46.1 Å². The van der Waals surface area contributed by atoms with Crippen LogP contribution < -0.4 is 5.32 Å². The summed E-state index contributed by atoms with van der Waals surface area (Å²) in [7, 11) is 0. The Morgan fingerprint density at radius 2 is 2.21 bits per heavy atom. The number of amides is 2. The number of hydrogen-bond donors (Lipinski definition) is 1. The molecule has 2 atom stereocenters. The third kappa shape index (κ3) is 2.69. The number of nitrogens with one attached hydrogen (secondary N) is 1. The highest BCUT2D eigenvalue weighted by atomic mass is 16.2. The summed E-state index contributed by atoms with van der Waals surface area (Å²) in [5, 5.41) is 2.45. The molecule has 2 rings (SSSR count). The molecule has 0 radical (unpaired) electrons. The van der Waals surface area contributed by atoms with E-state index in [2.05, 4.69) is 21.8 Å². The number of nitrogens with zero attached hydrogens (tertiary/aromatic N) is 2. The summed E-state index contributed by atoms with van der Waals surface area (Å²) < 4.78 is 2.06. The number of imidazole rings is 1. The molecule has 1 aliphatic rings. The highest BCUT2D eigenvalue weighted by molar-refractivity contribution is 5.99. The second kappa shape index (κ2) is 5.55. The van der Waals surface area contributed by atoms with Gasteiger partial charge >= 0.3 is 0 Å². The molecule has 0 spiro atoms. The third-order valence-corrected chi connectivity index (χ3v) is 3.71. The summed E-state index contributed by atoms with van der Waals surface area (Å²) in [6.07, 6.45) is 4.95. The standard InChI is InChI=1S/C14H21N3O2/c1-4-5-17-8-15-7-11(17)10-6-12(18)16-14(19)13(10)9(2)3/h7-10,13H,4-6H2,1-3H3,(H,16,18,19). The number of carbonyl (C=O) groups is 2. The number of piperidine rings is 1. The van der Waals surface area contributed by atoms with Crippen molar-refractivity contribution in [1.29, 1.82) is 0 Å². The molecule has 1 fully saturated rings. The van der Waals surface area contributed by atoms with E-state index in [0.717, 1.165) is 18.7 Å². The topological polar surface area (TPSA) is 64.0 Å². The minimum Gasteiger partial charge on any atom is -0.334 e. The predicted octanol–water partition coefficient (Wildman–Crippen LogP) is 1.70. The Bertz CT molecular complexity index is 479. The first-order valence-corrected chi connectivity index (χ1v) is 6.88. The van der Waals surface area contributed by atoms with Crippen molar-refractivity contribution in [2.75, 3.05) is 0 Å². The van der Waals surface area contributed by atoms with Gasteiger partial charge in [-0.25, -0.2) is 4.98 Å². The van der Waals surface area contributed by atoms with Crippen LogP contribution in [0.5, 0.6) is 0 Å². The molecule has 104 valence electrons. The van der Waals surface area contributed by atoms with Crippen molar-refractivity contribution in [1.82, 2.24) is 14.9 Å². The van der Waals surface area contributed by atoms with E-state index in [4.69, 9.17) is 0 Å². The smallest absolute Gasteiger partial charge is 0.230 e. The Morgan fingerprint density at radius 3 is 2.84 bits per heavy atom. The fourth-order valence-corrected chi connectivity index (χ4v) is 2.90. The normalized spacial score (nSPS) is 23.8. The lowest BCUT2D eigenvalue weighted by Crippen LogP contribution is -2.47.